The molecule has 13 heavy (non-hydrogen) atoms. The van der Waals surface area contributed by atoms with E-state index in [1.54, 1.807) is 0 Å². The zero-order valence-corrected chi connectivity index (χ0v) is 9.67. The monoisotopic (exact) mass is 227 g/mol. The number of hydrogen-bond acceptors (Lipinski definition) is 0. The molecule has 0 bridgehead atoms. The van der Waals surface area contributed by atoms with Gasteiger partial charge in [0.15, 0.2) is 0 Å². The van der Waals surface area contributed by atoms with E-state index in [1.165, 1.54) is 22.3 Å². The quantitative estimate of drug-likeness (QED) is 0.589. The minimum atomic E-state index is -0.286. The Labute approximate surface area is 84.0 Å². The van der Waals surface area contributed by atoms with Gasteiger partial charge in [-0.3, -0.25) is 0 Å². The first-order chi connectivity index (χ1) is 6.45. The molecule has 0 aromatic heterocycles. The third-order valence-electron chi connectivity index (χ3n) is 2.62. The van der Waals surface area contributed by atoms with Gasteiger partial charge >= 0.3 is 83.8 Å². The van der Waals surface area contributed by atoms with Gasteiger partial charge in [-0.25, -0.2) is 0 Å². The van der Waals surface area contributed by atoms with Crippen molar-refractivity contribution in [1.82, 2.24) is 0 Å². The van der Waals surface area contributed by atoms with Gasteiger partial charge in [0.2, 0.25) is 0 Å². The Balaban J connectivity index is 2.24. The molecule has 1 aliphatic carbocycles. The van der Waals surface area contributed by atoms with E-state index in [-0.39, 0.29) is 15.0 Å². The molecule has 0 saturated heterocycles. The van der Waals surface area contributed by atoms with Gasteiger partial charge in [-0.05, 0) is 0 Å². The van der Waals surface area contributed by atoms with Crippen molar-refractivity contribution >= 4 is 25.4 Å². The average molecular weight is 226 g/mol. The van der Waals surface area contributed by atoms with Crippen LogP contribution in [-0.2, 0) is 6.42 Å². The maximum absolute atomic E-state index is 3.58. The third-order valence-corrected chi connectivity index (χ3v) is 4.50. The van der Waals surface area contributed by atoms with Crippen LogP contribution in [0.3, 0.4) is 0 Å². The van der Waals surface area contributed by atoms with Crippen LogP contribution in [0.1, 0.15) is 11.1 Å². The summed E-state index contributed by atoms with van der Waals surface area (Å²) in [6.07, 6.45) is 3.42. The fourth-order valence-corrected chi connectivity index (χ4v) is 3.77. The first kappa shape index (κ1) is 7.51. The van der Waals surface area contributed by atoms with Gasteiger partial charge in [0.1, 0.15) is 0 Å². The van der Waals surface area contributed by atoms with Crippen LogP contribution in [0.2, 0.25) is 0 Å². The normalized spacial score (nSPS) is 17.5. The first-order valence-corrected chi connectivity index (χ1v) is 7.14. The number of fused-ring (bicyclic) bond motifs is 2. The van der Waals surface area contributed by atoms with Crippen molar-refractivity contribution in [2.24, 2.45) is 0 Å². The molecule has 1 aromatic rings. The van der Waals surface area contributed by atoms with E-state index in [0.717, 1.165) is 6.42 Å². The predicted octanol–water partition coefficient (Wildman–Crippen LogP) is 1.64. The minimum absolute atomic E-state index is 0.286. The second-order valence-electron chi connectivity index (χ2n) is 3.40. The van der Waals surface area contributed by atoms with Crippen LogP contribution < -0.4 is 0 Å². The molecule has 0 spiro atoms. The molecule has 1 aliphatic heterocycles. The molecule has 0 amide bonds. The summed E-state index contributed by atoms with van der Waals surface area (Å²) in [5.74, 6) is 0. The van der Waals surface area contributed by atoms with Crippen molar-refractivity contribution in [2.45, 2.75) is 6.42 Å². The molecule has 0 nitrogen and oxygen atoms in total. The molecule has 0 saturated carbocycles. The Morgan fingerprint density at radius 1 is 1.23 bits per heavy atom. The molecule has 0 unspecified atom stereocenters. The van der Waals surface area contributed by atoms with Crippen molar-refractivity contribution in [2.75, 3.05) is 0 Å². The predicted molar refractivity (Wildman–Crippen MR) is 58.4 cm³/mol. The van der Waals surface area contributed by atoms with E-state index in [4.69, 9.17) is 0 Å². The maximum atomic E-state index is 3.58. The van der Waals surface area contributed by atoms with Crippen molar-refractivity contribution in [3.8, 4) is 0 Å². The first-order valence-electron chi connectivity index (χ1n) is 4.53. The number of allylic oxidation sites excluding steroid dienone is 3. The molecule has 1 heteroatoms. The van der Waals surface area contributed by atoms with Crippen molar-refractivity contribution < 1.29 is 0 Å². The van der Waals surface area contributed by atoms with Gasteiger partial charge in [-0.2, -0.15) is 0 Å². The van der Waals surface area contributed by atoms with E-state index in [9.17, 15) is 0 Å². The molecule has 61 valence electrons. The summed E-state index contributed by atoms with van der Waals surface area (Å²) in [5, 5.41) is 0. The molecule has 0 fully saturated rings. The van der Waals surface area contributed by atoms with Gasteiger partial charge in [-0.1, -0.05) is 0 Å². The van der Waals surface area contributed by atoms with Crippen LogP contribution in [-0.4, -0.2) is 19.8 Å². The molecule has 3 rings (SSSR count). The summed E-state index contributed by atoms with van der Waals surface area (Å²) in [5.41, 5.74) is 5.80. The van der Waals surface area contributed by atoms with Crippen LogP contribution >= 0.6 is 0 Å². The van der Waals surface area contributed by atoms with Crippen molar-refractivity contribution in [3.05, 3.63) is 52.0 Å². The van der Waals surface area contributed by atoms with Crippen LogP contribution in [0.5, 0.6) is 0 Å². The van der Waals surface area contributed by atoms with Crippen LogP contribution in [0.4, 0.5) is 0 Å². The summed E-state index contributed by atoms with van der Waals surface area (Å²) in [4.78, 5) is 5.91. The molecular weight excluding hydrogens is 217 g/mol. The van der Waals surface area contributed by atoms with Crippen molar-refractivity contribution in [1.29, 1.82) is 0 Å². The average Bonchev–Trinajstić information content (AvgIpc) is 2.56. The molecular formula is C12H9Ge. The Bertz CT molecular complexity index is 450. The molecule has 0 N–H and O–H groups in total. The van der Waals surface area contributed by atoms with Gasteiger partial charge < -0.3 is 0 Å². The molecule has 0 atom stereocenters. The standard InChI is InChI=1S/C12H9Ge/c1-2-4-11-9(3-1)7-10-8-13-6-5-12(10)11/h1-6,13H,7H2. The van der Waals surface area contributed by atoms with Gasteiger partial charge in [0.05, 0.1) is 0 Å². The summed E-state index contributed by atoms with van der Waals surface area (Å²) in [7, 11) is 0. The Hall–Kier alpha value is -0.887. The summed E-state index contributed by atoms with van der Waals surface area (Å²) < 4.78 is 0. The zero-order valence-electron chi connectivity index (χ0n) is 7.25. The second-order valence-corrected chi connectivity index (χ2v) is 5.51. The topological polar surface area (TPSA) is 0 Å². The number of benzene rings is 1. The Kier molecular flexibility index (Phi) is 1.62. The Morgan fingerprint density at radius 3 is 3.15 bits per heavy atom. The fraction of sp³-hybridized carbons (Fsp3) is 0.0833. The van der Waals surface area contributed by atoms with Crippen molar-refractivity contribution in [3.63, 3.8) is 0 Å². The SMILES string of the molecule is [C]1=[GeH][CH]=CC2=C1Cc1ccccc12. The summed E-state index contributed by atoms with van der Waals surface area (Å²) in [6, 6.07) is 8.70. The van der Waals surface area contributed by atoms with E-state index >= 15 is 0 Å². The molecule has 1 heterocycles. The summed E-state index contributed by atoms with van der Waals surface area (Å²) in [6.45, 7) is 0. The molecule has 1 aromatic carbocycles. The van der Waals surface area contributed by atoms with Gasteiger partial charge in [0.25, 0.3) is 0 Å². The van der Waals surface area contributed by atoms with E-state index in [2.05, 4.69) is 40.1 Å². The van der Waals surface area contributed by atoms with E-state index in [0.29, 0.717) is 0 Å². The second kappa shape index (κ2) is 2.81. The van der Waals surface area contributed by atoms with Crippen LogP contribution in [0.25, 0.3) is 5.57 Å². The third kappa shape index (κ3) is 1.09. The van der Waals surface area contributed by atoms with Crippen LogP contribution in [0.15, 0.2) is 40.8 Å². The van der Waals surface area contributed by atoms with Gasteiger partial charge in [-0.15, -0.1) is 0 Å². The van der Waals surface area contributed by atoms with Gasteiger partial charge in [0, 0.05) is 0 Å². The summed E-state index contributed by atoms with van der Waals surface area (Å²) >= 11 is -0.286. The number of hydrogen-bond donors (Lipinski definition) is 0. The van der Waals surface area contributed by atoms with E-state index < -0.39 is 0 Å². The fourth-order valence-electron chi connectivity index (χ4n) is 2.00. The number of rotatable bonds is 0. The Morgan fingerprint density at radius 2 is 2.15 bits per heavy atom. The molecule has 2 aliphatic rings. The molecule has 1 radical (unpaired) electrons. The van der Waals surface area contributed by atoms with Crippen LogP contribution in [0, 0.1) is 0 Å². The zero-order chi connectivity index (χ0) is 8.67. The van der Waals surface area contributed by atoms with E-state index in [1.807, 2.05) is 0 Å².